The maximum Gasteiger partial charge on any atom is 0.492 e. The standard InChI is InChI=1S/C15H11F3N4O2S.U/c16-15(17,18)22-13(11-7-4-8-24-11)20-21-14(22)25-9-12(23)19-10-5-2-1-3-6-10;/h1-8H,9H2,(H,19,23);. The Morgan fingerprint density at radius 2 is 1.88 bits per heavy atom. The summed E-state index contributed by atoms with van der Waals surface area (Å²) in [6.45, 7) is 0. The SMILES string of the molecule is O=C(CSc1nnc(-c2ccco2)n1C(F)(F)F)Nc1ccccc1.[U]. The zero-order valence-corrected chi connectivity index (χ0v) is 18.0. The van der Waals surface area contributed by atoms with Gasteiger partial charge in [0.2, 0.25) is 11.7 Å². The minimum Gasteiger partial charge on any atom is -0.461 e. The number of nitrogens with zero attached hydrogens (tertiary/aromatic N) is 3. The molecule has 0 fully saturated rings. The van der Waals surface area contributed by atoms with Gasteiger partial charge in [-0.15, -0.1) is 23.4 Å². The van der Waals surface area contributed by atoms with E-state index < -0.39 is 23.2 Å². The number of amides is 1. The van der Waals surface area contributed by atoms with E-state index in [1.807, 2.05) is 0 Å². The van der Waals surface area contributed by atoms with Gasteiger partial charge in [-0.25, -0.2) is 4.57 Å². The van der Waals surface area contributed by atoms with Crippen molar-refractivity contribution in [3.05, 3.63) is 48.7 Å². The Morgan fingerprint density at radius 3 is 2.50 bits per heavy atom. The fourth-order valence-electron chi connectivity index (χ4n) is 2.01. The molecule has 0 saturated heterocycles. The van der Waals surface area contributed by atoms with E-state index in [1.165, 1.54) is 18.4 Å². The zero-order valence-electron chi connectivity index (χ0n) is 13.0. The van der Waals surface area contributed by atoms with Crippen LogP contribution in [0.5, 0.6) is 0 Å². The first kappa shape index (κ1) is 20.6. The van der Waals surface area contributed by atoms with Crippen molar-refractivity contribution in [2.24, 2.45) is 0 Å². The van der Waals surface area contributed by atoms with Gasteiger partial charge in [0.1, 0.15) is 0 Å². The van der Waals surface area contributed by atoms with Gasteiger partial charge in [0, 0.05) is 36.8 Å². The molecule has 0 radical (unpaired) electrons. The van der Waals surface area contributed by atoms with E-state index in [-0.39, 0.29) is 47.2 Å². The Balaban J connectivity index is 0.00000243. The largest absolute Gasteiger partial charge is 0.492 e. The average molecular weight is 606 g/mol. The molecule has 0 saturated carbocycles. The summed E-state index contributed by atoms with van der Waals surface area (Å²) < 4.78 is 45.0. The molecule has 2 aromatic heterocycles. The second kappa shape index (κ2) is 8.79. The van der Waals surface area contributed by atoms with E-state index in [1.54, 1.807) is 30.3 Å². The van der Waals surface area contributed by atoms with E-state index in [9.17, 15) is 18.0 Å². The number of carbonyl (C=O) groups excluding carboxylic acids is 1. The van der Waals surface area contributed by atoms with Crippen LogP contribution in [0.25, 0.3) is 11.6 Å². The topological polar surface area (TPSA) is 73.0 Å². The Labute approximate surface area is 173 Å². The van der Waals surface area contributed by atoms with Crippen LogP contribution in [0, 0.1) is 31.1 Å². The molecule has 0 aliphatic carbocycles. The summed E-state index contributed by atoms with van der Waals surface area (Å²) in [5.41, 5.74) is 0.557. The fourth-order valence-corrected chi connectivity index (χ4v) is 2.76. The number of hydrogen-bond donors (Lipinski definition) is 1. The molecule has 0 spiro atoms. The van der Waals surface area contributed by atoms with Gasteiger partial charge in [0.15, 0.2) is 10.9 Å². The first-order chi connectivity index (χ1) is 11.9. The molecule has 11 heteroatoms. The normalized spacial score (nSPS) is 11.0. The predicted molar refractivity (Wildman–Crippen MR) is 84.8 cm³/mol. The molecule has 0 unspecified atom stereocenters. The average Bonchev–Trinajstić information content (AvgIpc) is 3.22. The smallest absolute Gasteiger partial charge is 0.461 e. The maximum atomic E-state index is 13.3. The van der Waals surface area contributed by atoms with Gasteiger partial charge in [0.05, 0.1) is 12.0 Å². The van der Waals surface area contributed by atoms with Gasteiger partial charge in [0.25, 0.3) is 0 Å². The second-order valence-corrected chi connectivity index (χ2v) is 5.73. The summed E-state index contributed by atoms with van der Waals surface area (Å²) in [7, 11) is 0. The van der Waals surface area contributed by atoms with Gasteiger partial charge in [-0.05, 0) is 24.3 Å². The van der Waals surface area contributed by atoms with Gasteiger partial charge >= 0.3 is 6.30 Å². The summed E-state index contributed by atoms with van der Waals surface area (Å²) >= 11 is 0.635. The molecule has 3 rings (SSSR count). The summed E-state index contributed by atoms with van der Waals surface area (Å²) in [6.07, 6.45) is -3.51. The van der Waals surface area contributed by atoms with Gasteiger partial charge < -0.3 is 9.73 Å². The van der Waals surface area contributed by atoms with Crippen LogP contribution in [0.3, 0.4) is 0 Å². The fraction of sp³-hybridized carbons (Fsp3) is 0.133. The van der Waals surface area contributed by atoms with Gasteiger partial charge in [-0.2, -0.15) is 0 Å². The van der Waals surface area contributed by atoms with Crippen molar-refractivity contribution in [2.75, 3.05) is 11.1 Å². The monoisotopic (exact) mass is 606 g/mol. The van der Waals surface area contributed by atoms with Crippen molar-refractivity contribution in [1.82, 2.24) is 14.8 Å². The minimum absolute atomic E-state index is 0. The molecule has 2 heterocycles. The van der Waals surface area contributed by atoms with E-state index in [4.69, 9.17) is 4.42 Å². The summed E-state index contributed by atoms with van der Waals surface area (Å²) in [4.78, 5) is 11.9. The number of furan rings is 1. The first-order valence-electron chi connectivity index (χ1n) is 6.99. The summed E-state index contributed by atoms with van der Waals surface area (Å²) in [6, 6.07) is 11.4. The number of aromatic nitrogens is 3. The van der Waals surface area contributed by atoms with E-state index in [2.05, 4.69) is 15.5 Å². The molecule has 3 aromatic rings. The number of anilines is 1. The number of carbonyl (C=O) groups is 1. The molecule has 0 bridgehead atoms. The maximum absolute atomic E-state index is 13.3. The predicted octanol–water partition coefficient (Wildman–Crippen LogP) is 3.75. The number of thioether (sulfide) groups is 1. The molecular weight excluding hydrogens is 595 g/mol. The quantitative estimate of drug-likeness (QED) is 0.449. The van der Waals surface area contributed by atoms with Crippen molar-refractivity contribution in [3.63, 3.8) is 0 Å². The molecule has 0 atom stereocenters. The number of nitrogens with one attached hydrogen (secondary N) is 1. The molecule has 0 aliphatic rings. The number of para-hydroxylation sites is 1. The molecule has 134 valence electrons. The number of halogens is 3. The Hall–Kier alpha value is -1.70. The van der Waals surface area contributed by atoms with Crippen molar-refractivity contribution in [2.45, 2.75) is 11.5 Å². The van der Waals surface area contributed by atoms with Crippen molar-refractivity contribution >= 4 is 23.4 Å². The summed E-state index contributed by atoms with van der Waals surface area (Å²) in [5, 5.41) is 9.21. The van der Waals surface area contributed by atoms with Crippen molar-refractivity contribution in [3.8, 4) is 11.6 Å². The Morgan fingerprint density at radius 1 is 1.15 bits per heavy atom. The molecule has 1 N–H and O–H groups in total. The molecule has 0 aliphatic heterocycles. The van der Waals surface area contributed by atoms with E-state index in [0.717, 1.165) is 0 Å². The number of hydrogen-bond acceptors (Lipinski definition) is 5. The number of rotatable bonds is 5. The minimum atomic E-state index is -4.75. The number of alkyl halides is 3. The van der Waals surface area contributed by atoms with Crippen LogP contribution in [0.15, 0.2) is 58.3 Å². The molecule has 6 nitrogen and oxygen atoms in total. The van der Waals surface area contributed by atoms with E-state index in [0.29, 0.717) is 17.4 Å². The van der Waals surface area contributed by atoms with Crippen molar-refractivity contribution < 1.29 is 53.5 Å². The van der Waals surface area contributed by atoms with Crippen LogP contribution in [-0.4, -0.2) is 26.4 Å². The summed E-state index contributed by atoms with van der Waals surface area (Å²) in [5.74, 6) is -1.23. The van der Waals surface area contributed by atoms with Crippen molar-refractivity contribution in [1.29, 1.82) is 0 Å². The van der Waals surface area contributed by atoms with Gasteiger partial charge in [-0.3, -0.25) is 4.79 Å². The third-order valence-corrected chi connectivity index (χ3v) is 3.95. The first-order valence-corrected chi connectivity index (χ1v) is 7.98. The van der Waals surface area contributed by atoms with Crippen LogP contribution in [0.4, 0.5) is 18.9 Å². The van der Waals surface area contributed by atoms with Crippen LogP contribution >= 0.6 is 11.8 Å². The molecule has 1 aromatic carbocycles. The molecular formula is C15H11F3N4O2SU. The third-order valence-electron chi connectivity index (χ3n) is 3.02. The number of benzene rings is 1. The molecule has 26 heavy (non-hydrogen) atoms. The van der Waals surface area contributed by atoms with E-state index >= 15 is 0 Å². The molecule has 1 amide bonds. The Kier molecular flexibility index (Phi) is 6.97. The van der Waals surface area contributed by atoms with Crippen LogP contribution in [0.1, 0.15) is 0 Å². The van der Waals surface area contributed by atoms with Gasteiger partial charge in [-0.1, -0.05) is 30.0 Å². The third kappa shape index (κ3) is 4.93. The van der Waals surface area contributed by atoms with Crippen LogP contribution < -0.4 is 5.32 Å². The Bertz CT molecular complexity index is 854. The van der Waals surface area contributed by atoms with Crippen LogP contribution in [0.2, 0.25) is 0 Å². The zero-order chi connectivity index (χ0) is 17.9. The second-order valence-electron chi connectivity index (χ2n) is 4.79. The van der Waals surface area contributed by atoms with Crippen LogP contribution in [-0.2, 0) is 11.1 Å².